The van der Waals surface area contributed by atoms with Crippen molar-refractivity contribution < 1.29 is 29.1 Å². The van der Waals surface area contributed by atoms with Crippen LogP contribution in [0.3, 0.4) is 0 Å². The van der Waals surface area contributed by atoms with Crippen LogP contribution in [0.5, 0.6) is 0 Å². The van der Waals surface area contributed by atoms with Crippen molar-refractivity contribution in [1.82, 2.24) is 0 Å². The van der Waals surface area contributed by atoms with Gasteiger partial charge < -0.3 is 0 Å². The van der Waals surface area contributed by atoms with E-state index in [4.69, 9.17) is 19.6 Å². The highest BCUT2D eigenvalue weighted by atomic mass is 17.2. The molecule has 6 nitrogen and oxygen atoms in total. The Hall–Kier alpha value is -1.14. The molecule has 0 fully saturated rings. The van der Waals surface area contributed by atoms with Crippen molar-refractivity contribution in [2.45, 2.75) is 85.4 Å². The summed E-state index contributed by atoms with van der Waals surface area (Å²) in [5, 5.41) is 0. The average molecular weight is 318 g/mol. The van der Waals surface area contributed by atoms with Crippen LogP contribution in [0.15, 0.2) is 0 Å². The molecule has 0 rings (SSSR count). The van der Waals surface area contributed by atoms with Gasteiger partial charge in [-0.2, -0.15) is 9.78 Å². The molecule has 0 saturated heterocycles. The second-order valence-electron chi connectivity index (χ2n) is 7.25. The summed E-state index contributed by atoms with van der Waals surface area (Å²) in [5.74, 6) is -1.14. The second-order valence-corrected chi connectivity index (χ2v) is 7.25. The fourth-order valence-electron chi connectivity index (χ4n) is 1.43. The number of hydrogen-bond donors (Lipinski definition) is 0. The third-order valence-electron chi connectivity index (χ3n) is 2.52. The zero-order valence-electron chi connectivity index (χ0n) is 14.9. The van der Waals surface area contributed by atoms with Crippen LogP contribution < -0.4 is 0 Å². The SMILES string of the molecule is CCC(CCCC(=O)OOC(C)(C)C)C(=O)OOC(C)(C)C. The van der Waals surface area contributed by atoms with E-state index in [0.717, 1.165) is 0 Å². The fraction of sp³-hybridized carbons (Fsp3) is 0.875. The average Bonchev–Trinajstić information content (AvgIpc) is 2.37. The van der Waals surface area contributed by atoms with Gasteiger partial charge in [0.05, 0.1) is 5.92 Å². The first-order valence-corrected chi connectivity index (χ1v) is 7.72. The molecule has 0 heterocycles. The van der Waals surface area contributed by atoms with Crippen molar-refractivity contribution >= 4 is 11.9 Å². The summed E-state index contributed by atoms with van der Waals surface area (Å²) in [7, 11) is 0. The van der Waals surface area contributed by atoms with Gasteiger partial charge in [-0.05, 0) is 60.8 Å². The lowest BCUT2D eigenvalue weighted by atomic mass is 10.00. The molecule has 0 amide bonds. The van der Waals surface area contributed by atoms with Crippen LogP contribution >= 0.6 is 0 Å². The van der Waals surface area contributed by atoms with Crippen molar-refractivity contribution in [1.29, 1.82) is 0 Å². The molecule has 0 aromatic rings. The lowest BCUT2D eigenvalue weighted by Gasteiger charge is -2.19. The zero-order chi connectivity index (χ0) is 17.4. The number of carbonyl (C=O) groups excluding carboxylic acids is 2. The summed E-state index contributed by atoms with van der Waals surface area (Å²) in [6.45, 7) is 12.7. The molecule has 0 aliphatic carbocycles. The molecule has 0 aliphatic rings. The monoisotopic (exact) mass is 318 g/mol. The fourth-order valence-corrected chi connectivity index (χ4v) is 1.43. The van der Waals surface area contributed by atoms with Gasteiger partial charge in [-0.3, -0.25) is 9.78 Å². The van der Waals surface area contributed by atoms with Crippen LogP contribution in [0, 0.1) is 5.92 Å². The van der Waals surface area contributed by atoms with Crippen LogP contribution in [0.4, 0.5) is 0 Å². The van der Waals surface area contributed by atoms with Crippen molar-refractivity contribution in [2.24, 2.45) is 5.92 Å². The van der Waals surface area contributed by atoms with E-state index in [1.165, 1.54) is 0 Å². The standard InChI is InChI=1S/C16H30O6/c1-8-12(14(18)20-22-16(5,6)7)10-9-11-13(17)19-21-15(2,3)4/h12H,8-11H2,1-7H3. The van der Waals surface area contributed by atoms with Crippen molar-refractivity contribution in [2.75, 3.05) is 0 Å². The Morgan fingerprint density at radius 1 is 0.909 bits per heavy atom. The highest BCUT2D eigenvalue weighted by Crippen LogP contribution is 2.17. The Kier molecular flexibility index (Phi) is 8.63. The predicted molar refractivity (Wildman–Crippen MR) is 81.5 cm³/mol. The first kappa shape index (κ1) is 20.9. The Bertz CT molecular complexity index is 351. The normalized spacial score (nSPS) is 13.6. The van der Waals surface area contributed by atoms with Crippen LogP contribution in [0.25, 0.3) is 0 Å². The molecule has 0 saturated carbocycles. The van der Waals surface area contributed by atoms with E-state index in [1.807, 2.05) is 6.92 Å². The van der Waals surface area contributed by atoms with Gasteiger partial charge in [0, 0.05) is 6.42 Å². The largest absolute Gasteiger partial charge is 0.345 e. The summed E-state index contributed by atoms with van der Waals surface area (Å²) in [6.07, 6.45) is 1.88. The third kappa shape index (κ3) is 11.5. The minimum absolute atomic E-state index is 0.194. The van der Waals surface area contributed by atoms with Crippen molar-refractivity contribution in [3.63, 3.8) is 0 Å². The lowest BCUT2D eigenvalue weighted by molar-refractivity contribution is -0.323. The van der Waals surface area contributed by atoms with Gasteiger partial charge in [-0.1, -0.05) is 6.92 Å². The minimum Gasteiger partial charge on any atom is -0.298 e. The molecule has 0 aromatic heterocycles. The number of carbonyl (C=O) groups is 2. The highest BCUT2D eigenvalue weighted by Gasteiger charge is 2.23. The van der Waals surface area contributed by atoms with E-state index in [1.54, 1.807) is 41.5 Å². The summed E-state index contributed by atoms with van der Waals surface area (Å²) in [4.78, 5) is 42.8. The van der Waals surface area contributed by atoms with E-state index < -0.39 is 23.1 Å². The molecule has 0 aromatic carbocycles. The third-order valence-corrected chi connectivity index (χ3v) is 2.52. The second kappa shape index (κ2) is 9.10. The molecule has 0 radical (unpaired) electrons. The summed E-state index contributed by atoms with van der Waals surface area (Å²) in [5.41, 5.74) is -1.07. The maximum absolute atomic E-state index is 11.9. The van der Waals surface area contributed by atoms with Crippen molar-refractivity contribution in [3.8, 4) is 0 Å². The van der Waals surface area contributed by atoms with Crippen molar-refractivity contribution in [3.05, 3.63) is 0 Å². The molecule has 1 atom stereocenters. The maximum atomic E-state index is 11.9. The van der Waals surface area contributed by atoms with Gasteiger partial charge in [0.25, 0.3) is 0 Å². The molecule has 1 unspecified atom stereocenters. The Labute approximate surface area is 133 Å². The molecule has 130 valence electrons. The molecular weight excluding hydrogens is 288 g/mol. The van der Waals surface area contributed by atoms with Gasteiger partial charge in [-0.25, -0.2) is 9.59 Å². The first-order valence-electron chi connectivity index (χ1n) is 7.72. The molecule has 6 heteroatoms. The smallest absolute Gasteiger partial charge is 0.298 e. The Balaban J connectivity index is 4.04. The number of rotatable bonds is 8. The van der Waals surface area contributed by atoms with Crippen LogP contribution in [0.2, 0.25) is 0 Å². The zero-order valence-corrected chi connectivity index (χ0v) is 14.9. The van der Waals surface area contributed by atoms with E-state index in [2.05, 4.69) is 0 Å². The quantitative estimate of drug-likeness (QED) is 0.501. The summed E-state index contributed by atoms with van der Waals surface area (Å²) < 4.78 is 0. The predicted octanol–water partition coefficient (Wildman–Crippen LogP) is 3.73. The lowest BCUT2D eigenvalue weighted by Crippen LogP contribution is -2.25. The molecular formula is C16H30O6. The summed E-state index contributed by atoms with van der Waals surface area (Å²) >= 11 is 0. The maximum Gasteiger partial charge on any atom is 0.345 e. The van der Waals surface area contributed by atoms with Gasteiger partial charge in [0.2, 0.25) is 0 Å². The van der Waals surface area contributed by atoms with Gasteiger partial charge >= 0.3 is 11.9 Å². The van der Waals surface area contributed by atoms with Crippen LogP contribution in [-0.4, -0.2) is 23.1 Å². The first-order chi connectivity index (χ1) is 9.94. The summed E-state index contributed by atoms with van der Waals surface area (Å²) in [6, 6.07) is 0. The Morgan fingerprint density at radius 2 is 1.41 bits per heavy atom. The van der Waals surface area contributed by atoms with E-state index in [-0.39, 0.29) is 12.3 Å². The molecule has 0 spiro atoms. The molecule has 22 heavy (non-hydrogen) atoms. The molecule has 0 aliphatic heterocycles. The highest BCUT2D eigenvalue weighted by molar-refractivity contribution is 5.72. The Morgan fingerprint density at radius 3 is 1.86 bits per heavy atom. The van der Waals surface area contributed by atoms with Crippen LogP contribution in [0.1, 0.15) is 74.1 Å². The number of hydrogen-bond acceptors (Lipinski definition) is 6. The minimum atomic E-state index is -0.540. The molecule has 0 bridgehead atoms. The van der Waals surface area contributed by atoms with Crippen LogP contribution in [-0.2, 0) is 29.1 Å². The van der Waals surface area contributed by atoms with Gasteiger partial charge in [-0.15, -0.1) is 0 Å². The van der Waals surface area contributed by atoms with Gasteiger partial charge in [0.15, 0.2) is 0 Å². The van der Waals surface area contributed by atoms with E-state index in [9.17, 15) is 9.59 Å². The topological polar surface area (TPSA) is 71.1 Å². The molecule has 0 N–H and O–H groups in total. The van der Waals surface area contributed by atoms with Gasteiger partial charge in [0.1, 0.15) is 11.2 Å². The van der Waals surface area contributed by atoms with E-state index >= 15 is 0 Å². The van der Waals surface area contributed by atoms with E-state index in [0.29, 0.717) is 19.3 Å².